The molecule has 1 unspecified atom stereocenters. The first-order valence-corrected chi connectivity index (χ1v) is 7.72. The molecule has 1 N–H and O–H groups in total. The fraction of sp³-hybridized carbons (Fsp3) is 0.588. The van der Waals surface area contributed by atoms with Gasteiger partial charge < -0.3 is 5.32 Å². The number of hydrogen-bond acceptors (Lipinski definition) is 3. The van der Waals surface area contributed by atoms with E-state index in [1.54, 1.807) is 12.1 Å². The van der Waals surface area contributed by atoms with Gasteiger partial charge in [-0.1, -0.05) is 19.9 Å². The number of halogens is 1. The topological polar surface area (TPSA) is 39.1 Å². The largest absolute Gasteiger partial charge is 0.313 e. The van der Waals surface area contributed by atoms with E-state index in [0.717, 1.165) is 19.6 Å². The van der Waals surface area contributed by atoms with Crippen molar-refractivity contribution in [2.45, 2.75) is 39.3 Å². The Morgan fingerprint density at radius 3 is 2.86 bits per heavy atom. The summed E-state index contributed by atoms with van der Waals surface area (Å²) in [7, 11) is 0. The first-order valence-electron chi connectivity index (χ1n) is 7.72. The van der Waals surface area contributed by atoms with Crippen molar-refractivity contribution in [3.63, 3.8) is 0 Å². The number of nitrogens with one attached hydrogen (secondary N) is 1. The summed E-state index contributed by atoms with van der Waals surface area (Å²) in [5.41, 5.74) is 1.05. The lowest BCUT2D eigenvalue weighted by atomic mass is 10.1. The number of hydrogen-bond donors (Lipinski definition) is 1. The van der Waals surface area contributed by atoms with Gasteiger partial charge in [-0.2, -0.15) is 5.26 Å². The molecule has 1 aromatic carbocycles. The van der Waals surface area contributed by atoms with Crippen LogP contribution in [0.15, 0.2) is 18.2 Å². The van der Waals surface area contributed by atoms with E-state index in [1.807, 2.05) is 6.07 Å². The molecule has 3 nitrogen and oxygen atoms in total. The standard InChI is InChI=1S/C17H24FN3/c1-13(2)10-21(12-16-4-3-7-20-16)11-15-6-5-14(9-19)8-17(15)18/h5-6,8,13,16,20H,3-4,7,10-12H2,1-2H3. The predicted molar refractivity (Wildman–Crippen MR) is 82.3 cm³/mol. The minimum atomic E-state index is -0.276. The van der Waals surface area contributed by atoms with Crippen LogP contribution in [0.25, 0.3) is 0 Å². The lowest BCUT2D eigenvalue weighted by Gasteiger charge is -2.27. The van der Waals surface area contributed by atoms with Gasteiger partial charge >= 0.3 is 0 Å². The fourth-order valence-corrected chi connectivity index (χ4v) is 2.93. The molecular formula is C17H24FN3. The third-order valence-electron chi connectivity index (χ3n) is 3.84. The molecule has 0 radical (unpaired) electrons. The Hall–Kier alpha value is -1.44. The third-order valence-corrected chi connectivity index (χ3v) is 3.84. The lowest BCUT2D eigenvalue weighted by molar-refractivity contribution is 0.213. The first kappa shape index (κ1) is 15.9. The van der Waals surface area contributed by atoms with E-state index in [9.17, 15) is 4.39 Å². The van der Waals surface area contributed by atoms with Crippen molar-refractivity contribution in [1.82, 2.24) is 10.2 Å². The molecule has 0 aromatic heterocycles. The molecule has 1 heterocycles. The summed E-state index contributed by atoms with van der Waals surface area (Å²) in [6, 6.07) is 7.26. The Kier molecular flexibility index (Phi) is 5.72. The van der Waals surface area contributed by atoms with Crippen LogP contribution in [0.2, 0.25) is 0 Å². The Balaban J connectivity index is 2.04. The zero-order valence-electron chi connectivity index (χ0n) is 12.9. The average molecular weight is 289 g/mol. The van der Waals surface area contributed by atoms with E-state index >= 15 is 0 Å². The second-order valence-corrected chi connectivity index (χ2v) is 6.30. The summed E-state index contributed by atoms with van der Waals surface area (Å²) in [5, 5.41) is 12.3. The SMILES string of the molecule is CC(C)CN(Cc1ccc(C#N)cc1F)CC1CCCN1. The van der Waals surface area contributed by atoms with Crippen molar-refractivity contribution in [3.8, 4) is 6.07 Å². The molecule has 4 heteroatoms. The molecule has 114 valence electrons. The van der Waals surface area contributed by atoms with E-state index in [2.05, 4.69) is 24.1 Å². The first-order chi connectivity index (χ1) is 10.1. The molecule has 1 aromatic rings. The summed E-state index contributed by atoms with van der Waals surface area (Å²) < 4.78 is 14.1. The van der Waals surface area contributed by atoms with E-state index in [1.165, 1.54) is 18.9 Å². The highest BCUT2D eigenvalue weighted by Crippen LogP contribution is 2.16. The molecule has 1 fully saturated rings. The van der Waals surface area contributed by atoms with Crippen LogP contribution >= 0.6 is 0 Å². The average Bonchev–Trinajstić information content (AvgIpc) is 2.93. The minimum Gasteiger partial charge on any atom is -0.313 e. The fourth-order valence-electron chi connectivity index (χ4n) is 2.93. The van der Waals surface area contributed by atoms with Crippen molar-refractivity contribution in [3.05, 3.63) is 35.1 Å². The van der Waals surface area contributed by atoms with Crippen LogP contribution in [-0.4, -0.2) is 30.6 Å². The molecule has 0 amide bonds. The molecule has 21 heavy (non-hydrogen) atoms. The van der Waals surface area contributed by atoms with Crippen LogP contribution in [0.5, 0.6) is 0 Å². The van der Waals surface area contributed by atoms with Gasteiger partial charge in [0.05, 0.1) is 11.6 Å². The van der Waals surface area contributed by atoms with Gasteiger partial charge in [-0.05, 0) is 37.4 Å². The van der Waals surface area contributed by atoms with Gasteiger partial charge in [0.2, 0.25) is 0 Å². The van der Waals surface area contributed by atoms with Gasteiger partial charge in [-0.25, -0.2) is 4.39 Å². The number of nitrogens with zero attached hydrogens (tertiary/aromatic N) is 2. The minimum absolute atomic E-state index is 0.276. The van der Waals surface area contributed by atoms with Crippen molar-refractivity contribution in [1.29, 1.82) is 5.26 Å². The maximum Gasteiger partial charge on any atom is 0.129 e. The van der Waals surface area contributed by atoms with Gasteiger partial charge in [0.25, 0.3) is 0 Å². The van der Waals surface area contributed by atoms with E-state index in [-0.39, 0.29) is 5.82 Å². The van der Waals surface area contributed by atoms with Crippen LogP contribution in [0, 0.1) is 23.1 Å². The monoisotopic (exact) mass is 289 g/mol. The smallest absolute Gasteiger partial charge is 0.129 e. The summed E-state index contributed by atoms with van der Waals surface area (Å²) in [4.78, 5) is 2.32. The zero-order chi connectivity index (χ0) is 15.2. The molecule has 1 aliphatic rings. The van der Waals surface area contributed by atoms with Crippen molar-refractivity contribution >= 4 is 0 Å². The highest BCUT2D eigenvalue weighted by atomic mass is 19.1. The summed E-state index contributed by atoms with van der Waals surface area (Å²) in [5.74, 6) is 0.273. The molecule has 1 aliphatic heterocycles. The zero-order valence-corrected chi connectivity index (χ0v) is 12.9. The Bertz CT molecular complexity index is 501. The molecule has 1 saturated heterocycles. The summed E-state index contributed by atoms with van der Waals surface area (Å²) in [6.07, 6.45) is 2.43. The maximum absolute atomic E-state index is 14.1. The van der Waals surface area contributed by atoms with Gasteiger partial charge in [-0.15, -0.1) is 0 Å². The van der Waals surface area contributed by atoms with Crippen molar-refractivity contribution < 1.29 is 4.39 Å². The third kappa shape index (κ3) is 4.80. The van der Waals surface area contributed by atoms with Crippen LogP contribution in [-0.2, 0) is 6.54 Å². The Labute approximate surface area is 126 Å². The lowest BCUT2D eigenvalue weighted by Crippen LogP contribution is -2.39. The maximum atomic E-state index is 14.1. The molecule has 1 atom stereocenters. The van der Waals surface area contributed by atoms with E-state index in [0.29, 0.717) is 29.6 Å². The van der Waals surface area contributed by atoms with Crippen LogP contribution in [0.1, 0.15) is 37.8 Å². The van der Waals surface area contributed by atoms with Gasteiger partial charge in [-0.3, -0.25) is 4.90 Å². The molecule has 0 aliphatic carbocycles. The number of nitriles is 1. The summed E-state index contributed by atoms with van der Waals surface area (Å²) >= 11 is 0. The normalized spacial score (nSPS) is 18.4. The van der Waals surface area contributed by atoms with Gasteiger partial charge in [0, 0.05) is 31.2 Å². The molecule has 2 rings (SSSR count). The summed E-state index contributed by atoms with van der Waals surface area (Å²) in [6.45, 7) is 7.98. The van der Waals surface area contributed by atoms with Crippen molar-refractivity contribution in [2.75, 3.05) is 19.6 Å². The second-order valence-electron chi connectivity index (χ2n) is 6.30. The number of benzene rings is 1. The predicted octanol–water partition coefficient (Wildman–Crippen LogP) is 2.91. The molecular weight excluding hydrogens is 265 g/mol. The Morgan fingerprint density at radius 1 is 1.48 bits per heavy atom. The second kappa shape index (κ2) is 7.53. The van der Waals surface area contributed by atoms with Gasteiger partial charge in [0.1, 0.15) is 5.82 Å². The quantitative estimate of drug-likeness (QED) is 0.875. The van der Waals surface area contributed by atoms with Crippen LogP contribution in [0.4, 0.5) is 4.39 Å². The number of rotatable bonds is 6. The van der Waals surface area contributed by atoms with E-state index in [4.69, 9.17) is 5.26 Å². The van der Waals surface area contributed by atoms with Gasteiger partial charge in [0.15, 0.2) is 0 Å². The van der Waals surface area contributed by atoms with Crippen molar-refractivity contribution in [2.24, 2.45) is 5.92 Å². The molecule has 0 bridgehead atoms. The molecule has 0 spiro atoms. The van der Waals surface area contributed by atoms with E-state index < -0.39 is 0 Å². The van der Waals surface area contributed by atoms with Crippen LogP contribution in [0.3, 0.4) is 0 Å². The highest BCUT2D eigenvalue weighted by molar-refractivity contribution is 5.32. The molecule has 0 saturated carbocycles. The van der Waals surface area contributed by atoms with Crippen LogP contribution < -0.4 is 5.32 Å². The highest BCUT2D eigenvalue weighted by Gasteiger charge is 2.19. The Morgan fingerprint density at radius 2 is 2.29 bits per heavy atom.